The maximum absolute atomic E-state index is 12.0. The third kappa shape index (κ3) is 1.61. The van der Waals surface area contributed by atoms with Gasteiger partial charge in [0.05, 0.1) is 0 Å². The standard InChI is InChI=1S/C14H16O3/c1-8(2)9-5-12(15)11-7-14-13(6-10(9)11)16-3-4-17-14/h6-9H,3-5H2,1-2H3. The second-order valence-electron chi connectivity index (χ2n) is 5.06. The minimum absolute atomic E-state index is 0.232. The molecule has 0 spiro atoms. The molecule has 1 aliphatic carbocycles. The summed E-state index contributed by atoms with van der Waals surface area (Å²) in [5, 5.41) is 0. The summed E-state index contributed by atoms with van der Waals surface area (Å²) in [6.07, 6.45) is 0.621. The zero-order valence-electron chi connectivity index (χ0n) is 10.2. The maximum atomic E-state index is 12.0. The zero-order chi connectivity index (χ0) is 12.0. The van der Waals surface area contributed by atoms with Crippen LogP contribution in [0, 0.1) is 5.92 Å². The van der Waals surface area contributed by atoms with Crippen LogP contribution >= 0.6 is 0 Å². The fourth-order valence-electron chi connectivity index (χ4n) is 2.67. The molecule has 1 aromatic rings. The van der Waals surface area contributed by atoms with Gasteiger partial charge in [0.1, 0.15) is 13.2 Å². The highest BCUT2D eigenvalue weighted by molar-refractivity contribution is 6.02. The largest absolute Gasteiger partial charge is 0.486 e. The zero-order valence-corrected chi connectivity index (χ0v) is 10.2. The molecule has 1 aromatic carbocycles. The molecule has 1 aliphatic heterocycles. The first kappa shape index (κ1) is 10.6. The van der Waals surface area contributed by atoms with Gasteiger partial charge in [-0.05, 0) is 29.5 Å². The Kier molecular flexibility index (Phi) is 2.35. The minimum Gasteiger partial charge on any atom is -0.486 e. The summed E-state index contributed by atoms with van der Waals surface area (Å²) in [6, 6.07) is 3.86. The summed E-state index contributed by atoms with van der Waals surface area (Å²) in [5.41, 5.74) is 1.96. The van der Waals surface area contributed by atoms with Gasteiger partial charge in [-0.1, -0.05) is 13.8 Å². The molecule has 0 saturated heterocycles. The van der Waals surface area contributed by atoms with Crippen LogP contribution in [-0.4, -0.2) is 19.0 Å². The van der Waals surface area contributed by atoms with Gasteiger partial charge < -0.3 is 9.47 Å². The topological polar surface area (TPSA) is 35.5 Å². The van der Waals surface area contributed by atoms with Gasteiger partial charge in [-0.2, -0.15) is 0 Å². The van der Waals surface area contributed by atoms with Crippen LogP contribution in [0.5, 0.6) is 11.5 Å². The van der Waals surface area contributed by atoms with E-state index in [0.717, 1.165) is 16.9 Å². The molecule has 0 N–H and O–H groups in total. The molecule has 3 rings (SSSR count). The van der Waals surface area contributed by atoms with Crippen molar-refractivity contribution in [2.24, 2.45) is 5.92 Å². The van der Waals surface area contributed by atoms with E-state index in [9.17, 15) is 4.79 Å². The van der Waals surface area contributed by atoms with Crippen LogP contribution in [0.3, 0.4) is 0 Å². The fourth-order valence-corrected chi connectivity index (χ4v) is 2.67. The van der Waals surface area contributed by atoms with E-state index in [1.807, 2.05) is 12.1 Å². The molecule has 0 radical (unpaired) electrons. The first-order valence-corrected chi connectivity index (χ1v) is 6.13. The lowest BCUT2D eigenvalue weighted by atomic mass is 9.90. The van der Waals surface area contributed by atoms with Crippen LogP contribution in [0.25, 0.3) is 0 Å². The van der Waals surface area contributed by atoms with Crippen LogP contribution < -0.4 is 9.47 Å². The Bertz CT molecular complexity index is 477. The third-order valence-corrected chi connectivity index (χ3v) is 3.62. The van der Waals surface area contributed by atoms with E-state index in [1.54, 1.807) is 0 Å². The molecule has 0 fully saturated rings. The maximum Gasteiger partial charge on any atom is 0.163 e. The highest BCUT2D eigenvalue weighted by atomic mass is 16.6. The van der Waals surface area contributed by atoms with Crippen LogP contribution in [0.2, 0.25) is 0 Å². The molecule has 0 saturated carbocycles. The van der Waals surface area contributed by atoms with Gasteiger partial charge in [-0.15, -0.1) is 0 Å². The van der Waals surface area contributed by atoms with Crippen molar-refractivity contribution in [1.29, 1.82) is 0 Å². The highest BCUT2D eigenvalue weighted by Gasteiger charge is 2.33. The van der Waals surface area contributed by atoms with Crippen LogP contribution in [0.1, 0.15) is 42.1 Å². The monoisotopic (exact) mass is 232 g/mol. The molecule has 0 aromatic heterocycles. The average Bonchev–Trinajstić information content (AvgIpc) is 2.64. The summed E-state index contributed by atoms with van der Waals surface area (Å²) in [6.45, 7) is 5.47. The van der Waals surface area contributed by atoms with E-state index in [4.69, 9.17) is 9.47 Å². The first-order valence-electron chi connectivity index (χ1n) is 6.13. The summed E-state index contributed by atoms with van der Waals surface area (Å²) in [4.78, 5) is 12.0. The normalized spacial score (nSPS) is 21.8. The van der Waals surface area contributed by atoms with E-state index in [0.29, 0.717) is 37.2 Å². The average molecular weight is 232 g/mol. The number of benzene rings is 1. The number of hydrogen-bond donors (Lipinski definition) is 0. The lowest BCUT2D eigenvalue weighted by Crippen LogP contribution is -2.16. The Morgan fingerprint density at radius 2 is 1.82 bits per heavy atom. The molecule has 1 atom stereocenters. The molecular formula is C14H16O3. The second-order valence-corrected chi connectivity index (χ2v) is 5.06. The molecule has 0 bridgehead atoms. The SMILES string of the molecule is CC(C)C1CC(=O)c2cc3c(cc21)OCCO3. The lowest BCUT2D eigenvalue weighted by Gasteiger charge is -2.21. The number of Topliss-reactive ketones (excluding diaryl/α,β-unsaturated/α-hetero) is 1. The summed E-state index contributed by atoms with van der Waals surface area (Å²) in [5.74, 6) is 2.54. The molecule has 17 heavy (non-hydrogen) atoms. The molecule has 0 amide bonds. The number of fused-ring (bicyclic) bond motifs is 2. The fraction of sp³-hybridized carbons (Fsp3) is 0.500. The minimum atomic E-state index is 0.232. The van der Waals surface area contributed by atoms with Gasteiger partial charge >= 0.3 is 0 Å². The summed E-state index contributed by atoms with van der Waals surface area (Å²) >= 11 is 0. The van der Waals surface area contributed by atoms with E-state index in [1.165, 1.54) is 0 Å². The molecule has 2 aliphatic rings. The Balaban J connectivity index is 2.10. The van der Waals surface area contributed by atoms with E-state index in [-0.39, 0.29) is 5.78 Å². The Morgan fingerprint density at radius 3 is 2.47 bits per heavy atom. The van der Waals surface area contributed by atoms with Gasteiger partial charge in [-0.25, -0.2) is 0 Å². The van der Waals surface area contributed by atoms with Crippen molar-refractivity contribution >= 4 is 5.78 Å². The van der Waals surface area contributed by atoms with Crippen LogP contribution in [0.15, 0.2) is 12.1 Å². The number of carbonyl (C=O) groups excluding carboxylic acids is 1. The van der Waals surface area contributed by atoms with Crippen molar-refractivity contribution in [2.45, 2.75) is 26.2 Å². The van der Waals surface area contributed by atoms with Gasteiger partial charge in [-0.3, -0.25) is 4.79 Å². The highest BCUT2D eigenvalue weighted by Crippen LogP contribution is 2.44. The Labute approximate surface area is 101 Å². The Hall–Kier alpha value is -1.51. The van der Waals surface area contributed by atoms with Gasteiger partial charge in [0.25, 0.3) is 0 Å². The first-order chi connectivity index (χ1) is 8.16. The van der Waals surface area contributed by atoms with Gasteiger partial charge in [0.15, 0.2) is 17.3 Å². The number of carbonyl (C=O) groups is 1. The second kappa shape index (κ2) is 3.76. The molecule has 90 valence electrons. The number of rotatable bonds is 1. The van der Waals surface area contributed by atoms with Crippen molar-refractivity contribution in [1.82, 2.24) is 0 Å². The van der Waals surface area contributed by atoms with Crippen molar-refractivity contribution in [3.8, 4) is 11.5 Å². The lowest BCUT2D eigenvalue weighted by molar-refractivity contribution is 0.0983. The number of hydrogen-bond acceptors (Lipinski definition) is 3. The van der Waals surface area contributed by atoms with Crippen molar-refractivity contribution in [2.75, 3.05) is 13.2 Å². The van der Waals surface area contributed by atoms with E-state index in [2.05, 4.69) is 13.8 Å². The smallest absolute Gasteiger partial charge is 0.163 e. The summed E-state index contributed by atoms with van der Waals surface area (Å²) in [7, 11) is 0. The molecule has 3 nitrogen and oxygen atoms in total. The van der Waals surface area contributed by atoms with Crippen LogP contribution in [0.4, 0.5) is 0 Å². The van der Waals surface area contributed by atoms with E-state index >= 15 is 0 Å². The van der Waals surface area contributed by atoms with E-state index < -0.39 is 0 Å². The molecule has 1 unspecified atom stereocenters. The third-order valence-electron chi connectivity index (χ3n) is 3.62. The number of ketones is 1. The van der Waals surface area contributed by atoms with Gasteiger partial charge in [0.2, 0.25) is 0 Å². The van der Waals surface area contributed by atoms with Crippen molar-refractivity contribution < 1.29 is 14.3 Å². The molecular weight excluding hydrogens is 216 g/mol. The van der Waals surface area contributed by atoms with Gasteiger partial charge in [0, 0.05) is 12.0 Å². The quantitative estimate of drug-likeness (QED) is 0.747. The summed E-state index contributed by atoms with van der Waals surface area (Å²) < 4.78 is 11.1. The Morgan fingerprint density at radius 1 is 1.18 bits per heavy atom. The predicted molar refractivity (Wildman–Crippen MR) is 64.0 cm³/mol. The number of ether oxygens (including phenoxy) is 2. The van der Waals surface area contributed by atoms with Crippen LogP contribution in [-0.2, 0) is 0 Å². The molecule has 1 heterocycles. The molecule has 3 heteroatoms. The van der Waals surface area contributed by atoms with Crippen molar-refractivity contribution in [3.63, 3.8) is 0 Å². The predicted octanol–water partition coefficient (Wildman–Crippen LogP) is 2.78. The van der Waals surface area contributed by atoms with Crippen molar-refractivity contribution in [3.05, 3.63) is 23.3 Å².